The van der Waals surface area contributed by atoms with E-state index in [9.17, 15) is 4.79 Å². The average molecular weight is 510 g/mol. The normalized spacial score (nSPS) is 12.2. The molecule has 0 aliphatic rings. The van der Waals surface area contributed by atoms with Crippen molar-refractivity contribution in [2.45, 2.75) is 26.9 Å². The molecule has 0 bridgehead atoms. The number of benzene rings is 2. The standard InChI is InChI=1S/C28H23N5O3S/c1-17(2)36-22-12-11-19(14-18(22)3)25-20(16-32(30-25)21-8-5-4-6-9-21)15-24-27(34)33-28(37-24)29-26(31-33)23-10-7-13-35-23/h4-17H,1-3H3. The van der Waals surface area contributed by atoms with E-state index in [1.54, 1.807) is 18.4 Å². The smallest absolute Gasteiger partial charge is 0.291 e. The molecule has 0 saturated heterocycles. The number of hydrogen-bond donors (Lipinski definition) is 0. The predicted molar refractivity (Wildman–Crippen MR) is 143 cm³/mol. The van der Waals surface area contributed by atoms with Gasteiger partial charge in [0.25, 0.3) is 5.56 Å². The number of aromatic nitrogens is 5. The SMILES string of the molecule is Cc1cc(-c2nn(-c3ccccc3)cc2C=c2sc3nc(-c4ccco4)nn3c2=O)ccc1OC(C)C. The molecule has 4 heterocycles. The van der Waals surface area contributed by atoms with E-state index in [2.05, 4.69) is 16.1 Å². The van der Waals surface area contributed by atoms with E-state index in [1.807, 2.05) is 80.2 Å². The highest BCUT2D eigenvalue weighted by molar-refractivity contribution is 7.15. The van der Waals surface area contributed by atoms with E-state index in [1.165, 1.54) is 15.9 Å². The number of para-hydroxylation sites is 1. The van der Waals surface area contributed by atoms with Crippen molar-refractivity contribution in [2.75, 3.05) is 0 Å². The number of thiazole rings is 1. The van der Waals surface area contributed by atoms with Crippen molar-refractivity contribution in [3.8, 4) is 34.3 Å². The first-order valence-electron chi connectivity index (χ1n) is 11.8. The van der Waals surface area contributed by atoms with Gasteiger partial charge in [0.2, 0.25) is 10.8 Å². The van der Waals surface area contributed by atoms with Gasteiger partial charge in [0.05, 0.1) is 22.6 Å². The highest BCUT2D eigenvalue weighted by Crippen LogP contribution is 2.29. The van der Waals surface area contributed by atoms with Gasteiger partial charge in [0.15, 0.2) is 5.76 Å². The van der Waals surface area contributed by atoms with Crippen molar-refractivity contribution in [3.05, 3.63) is 99.1 Å². The van der Waals surface area contributed by atoms with Crippen LogP contribution in [0.25, 0.3) is 39.6 Å². The summed E-state index contributed by atoms with van der Waals surface area (Å²) < 4.78 is 14.9. The summed E-state index contributed by atoms with van der Waals surface area (Å²) in [6.45, 7) is 6.03. The van der Waals surface area contributed by atoms with Gasteiger partial charge >= 0.3 is 0 Å². The topological polar surface area (TPSA) is 87.5 Å². The molecule has 4 aromatic heterocycles. The second-order valence-electron chi connectivity index (χ2n) is 8.88. The molecule has 9 heteroatoms. The summed E-state index contributed by atoms with van der Waals surface area (Å²) in [4.78, 5) is 18.2. The van der Waals surface area contributed by atoms with Gasteiger partial charge in [-0.2, -0.15) is 14.6 Å². The number of fused-ring (bicyclic) bond motifs is 1. The van der Waals surface area contributed by atoms with Crippen LogP contribution < -0.4 is 14.8 Å². The van der Waals surface area contributed by atoms with E-state index in [0.717, 1.165) is 33.8 Å². The molecule has 0 spiro atoms. The maximum atomic E-state index is 13.2. The second kappa shape index (κ2) is 9.18. The van der Waals surface area contributed by atoms with Gasteiger partial charge in [0, 0.05) is 17.3 Å². The number of nitrogens with zero attached hydrogens (tertiary/aromatic N) is 5. The largest absolute Gasteiger partial charge is 0.491 e. The van der Waals surface area contributed by atoms with E-state index in [0.29, 0.717) is 21.1 Å². The van der Waals surface area contributed by atoms with Gasteiger partial charge in [-0.15, -0.1) is 5.10 Å². The Hall–Kier alpha value is -4.50. The van der Waals surface area contributed by atoms with Crippen LogP contribution in [0.2, 0.25) is 0 Å². The third-order valence-corrected chi connectivity index (χ3v) is 6.74. The molecule has 0 aliphatic heterocycles. The van der Waals surface area contributed by atoms with Crippen molar-refractivity contribution >= 4 is 22.4 Å². The summed E-state index contributed by atoms with van der Waals surface area (Å²) in [6, 6.07) is 19.4. The Morgan fingerprint density at radius 1 is 1.05 bits per heavy atom. The highest BCUT2D eigenvalue weighted by Gasteiger charge is 2.16. The van der Waals surface area contributed by atoms with E-state index in [-0.39, 0.29) is 11.7 Å². The maximum absolute atomic E-state index is 13.2. The Balaban J connectivity index is 1.48. The van der Waals surface area contributed by atoms with Gasteiger partial charge in [-0.1, -0.05) is 29.5 Å². The van der Waals surface area contributed by atoms with Gasteiger partial charge in [-0.25, -0.2) is 4.68 Å². The zero-order valence-corrected chi connectivity index (χ0v) is 21.3. The number of ether oxygens (including phenoxy) is 1. The highest BCUT2D eigenvalue weighted by atomic mass is 32.1. The average Bonchev–Trinajstić information content (AvgIpc) is 3.67. The van der Waals surface area contributed by atoms with Crippen LogP contribution in [0.5, 0.6) is 5.75 Å². The number of aryl methyl sites for hydroxylation is 1. The molecule has 2 aromatic carbocycles. The van der Waals surface area contributed by atoms with Gasteiger partial charge in [0.1, 0.15) is 11.4 Å². The lowest BCUT2D eigenvalue weighted by molar-refractivity contribution is 0.241. The van der Waals surface area contributed by atoms with Crippen molar-refractivity contribution in [1.82, 2.24) is 24.4 Å². The third kappa shape index (κ3) is 4.34. The summed E-state index contributed by atoms with van der Waals surface area (Å²) in [5.74, 6) is 1.75. The molecule has 8 nitrogen and oxygen atoms in total. The monoisotopic (exact) mass is 509 g/mol. The van der Waals surface area contributed by atoms with Crippen molar-refractivity contribution in [2.24, 2.45) is 0 Å². The predicted octanol–water partition coefficient (Wildman–Crippen LogP) is 4.91. The molecule has 0 atom stereocenters. The van der Waals surface area contributed by atoms with Crippen LogP contribution >= 0.6 is 11.3 Å². The molecule has 0 aliphatic carbocycles. The Labute approximate surface area is 216 Å². The summed E-state index contributed by atoms with van der Waals surface area (Å²) in [5.41, 5.74) is 4.21. The fourth-order valence-corrected chi connectivity index (χ4v) is 5.00. The molecule has 0 fully saturated rings. The minimum Gasteiger partial charge on any atom is -0.491 e. The van der Waals surface area contributed by atoms with Crippen LogP contribution in [0.15, 0.2) is 82.3 Å². The summed E-state index contributed by atoms with van der Waals surface area (Å²) in [6.07, 6.45) is 5.42. The number of furan rings is 1. The quantitative estimate of drug-likeness (QED) is 0.317. The van der Waals surface area contributed by atoms with Crippen LogP contribution in [-0.4, -0.2) is 30.5 Å². The molecule has 0 amide bonds. The van der Waals surface area contributed by atoms with Crippen LogP contribution in [0.4, 0.5) is 0 Å². The first-order chi connectivity index (χ1) is 18.0. The Kier molecular flexibility index (Phi) is 5.69. The van der Waals surface area contributed by atoms with E-state index >= 15 is 0 Å². The van der Waals surface area contributed by atoms with Crippen LogP contribution in [0.1, 0.15) is 25.0 Å². The van der Waals surface area contributed by atoms with Crippen LogP contribution in [-0.2, 0) is 0 Å². The van der Waals surface area contributed by atoms with Crippen molar-refractivity contribution < 1.29 is 9.15 Å². The molecule has 37 heavy (non-hydrogen) atoms. The fraction of sp³-hybridized carbons (Fsp3) is 0.143. The lowest BCUT2D eigenvalue weighted by Gasteiger charge is -2.13. The lowest BCUT2D eigenvalue weighted by Crippen LogP contribution is -2.23. The van der Waals surface area contributed by atoms with Gasteiger partial charge < -0.3 is 9.15 Å². The zero-order chi connectivity index (χ0) is 25.5. The first-order valence-corrected chi connectivity index (χ1v) is 12.7. The third-order valence-electron chi connectivity index (χ3n) is 5.78. The Morgan fingerprint density at radius 2 is 1.89 bits per heavy atom. The van der Waals surface area contributed by atoms with E-state index in [4.69, 9.17) is 14.3 Å². The summed E-state index contributed by atoms with van der Waals surface area (Å²) >= 11 is 1.28. The molecule has 0 saturated carbocycles. The zero-order valence-electron chi connectivity index (χ0n) is 20.5. The molecule has 0 N–H and O–H groups in total. The molecule has 184 valence electrons. The van der Waals surface area contributed by atoms with Crippen molar-refractivity contribution in [3.63, 3.8) is 0 Å². The minimum absolute atomic E-state index is 0.0841. The van der Waals surface area contributed by atoms with Crippen LogP contribution in [0.3, 0.4) is 0 Å². The molecule has 0 unspecified atom stereocenters. The Morgan fingerprint density at radius 3 is 2.59 bits per heavy atom. The Bertz CT molecular complexity index is 1820. The van der Waals surface area contributed by atoms with Gasteiger partial charge in [-0.05, 0) is 74.9 Å². The molecule has 0 radical (unpaired) electrons. The van der Waals surface area contributed by atoms with Gasteiger partial charge in [-0.3, -0.25) is 4.79 Å². The molecular weight excluding hydrogens is 486 g/mol. The number of rotatable bonds is 6. The first kappa shape index (κ1) is 22.9. The molecule has 6 rings (SSSR count). The second-order valence-corrected chi connectivity index (χ2v) is 9.89. The van der Waals surface area contributed by atoms with E-state index < -0.39 is 0 Å². The lowest BCUT2D eigenvalue weighted by atomic mass is 10.0. The minimum atomic E-state index is -0.236. The van der Waals surface area contributed by atoms with Crippen LogP contribution in [0, 0.1) is 6.92 Å². The maximum Gasteiger partial charge on any atom is 0.291 e. The molecule has 6 aromatic rings. The summed E-state index contributed by atoms with van der Waals surface area (Å²) in [5, 5.41) is 9.24. The number of hydrogen-bond acceptors (Lipinski definition) is 7. The van der Waals surface area contributed by atoms with Crippen molar-refractivity contribution in [1.29, 1.82) is 0 Å². The molecular formula is C28H23N5O3S. The summed E-state index contributed by atoms with van der Waals surface area (Å²) in [7, 11) is 0. The fourth-order valence-electron chi connectivity index (χ4n) is 4.10.